The van der Waals surface area contributed by atoms with Crippen LogP contribution in [0.2, 0.25) is 0 Å². The molecule has 0 aliphatic carbocycles. The molecule has 0 spiro atoms. The van der Waals surface area contributed by atoms with Crippen LogP contribution in [0.1, 0.15) is 6.92 Å². The van der Waals surface area contributed by atoms with E-state index < -0.39 is 6.16 Å². The number of hydrogen-bond donors (Lipinski definition) is 2. The number of rotatable bonds is 2. The van der Waals surface area contributed by atoms with Crippen molar-refractivity contribution in [2.45, 2.75) is 13.0 Å². The van der Waals surface area contributed by atoms with E-state index in [1.807, 2.05) is 0 Å². The lowest BCUT2D eigenvalue weighted by Crippen LogP contribution is -2.23. The van der Waals surface area contributed by atoms with Gasteiger partial charge in [0.05, 0.1) is 0 Å². The van der Waals surface area contributed by atoms with Gasteiger partial charge in [-0.15, -0.1) is 0 Å². The van der Waals surface area contributed by atoms with Gasteiger partial charge >= 0.3 is 6.16 Å². The topological polar surface area (TPSA) is 72.5 Å². The van der Waals surface area contributed by atoms with Crippen LogP contribution in [0.15, 0.2) is 0 Å². The van der Waals surface area contributed by atoms with E-state index in [2.05, 4.69) is 4.74 Å². The van der Waals surface area contributed by atoms with Gasteiger partial charge in [0.1, 0.15) is 6.61 Å². The first-order valence-corrected chi connectivity index (χ1v) is 2.24. The molecule has 48 valence electrons. The molecule has 4 heteroatoms. The number of ether oxygens (including phenoxy) is 1. The molecule has 0 bridgehead atoms. The maximum atomic E-state index is 9.63. The maximum Gasteiger partial charge on any atom is 0.505 e. The summed E-state index contributed by atoms with van der Waals surface area (Å²) in [6, 6.07) is -0.217. The minimum atomic E-state index is -1.28. The second kappa shape index (κ2) is 3.26. The summed E-state index contributed by atoms with van der Waals surface area (Å²) in [5.41, 5.74) is 5.15. The van der Waals surface area contributed by atoms with Gasteiger partial charge in [-0.1, -0.05) is 0 Å². The van der Waals surface area contributed by atoms with Crippen LogP contribution in [0, 0.1) is 0 Å². The summed E-state index contributed by atoms with van der Waals surface area (Å²) in [4.78, 5) is 9.63. The highest BCUT2D eigenvalue weighted by atomic mass is 16.7. The summed E-state index contributed by atoms with van der Waals surface area (Å²) in [6.07, 6.45) is -1.28. The van der Waals surface area contributed by atoms with Crippen molar-refractivity contribution in [1.29, 1.82) is 0 Å². The molecule has 0 aromatic heterocycles. The highest BCUT2D eigenvalue weighted by Gasteiger charge is 1.97. The monoisotopic (exact) mass is 119 g/mol. The summed E-state index contributed by atoms with van der Waals surface area (Å²) in [5, 5.41) is 7.88. The Balaban J connectivity index is 3.05. The second-order valence-electron chi connectivity index (χ2n) is 1.55. The zero-order valence-corrected chi connectivity index (χ0v) is 4.63. The molecule has 0 aromatic rings. The molecule has 0 heterocycles. The first-order valence-electron chi connectivity index (χ1n) is 2.24. The van der Waals surface area contributed by atoms with E-state index in [4.69, 9.17) is 10.8 Å². The third-order valence-electron chi connectivity index (χ3n) is 0.470. The summed E-state index contributed by atoms with van der Waals surface area (Å²) in [5.74, 6) is 0. The highest BCUT2D eigenvalue weighted by Crippen LogP contribution is 1.78. The molecule has 0 aromatic carbocycles. The van der Waals surface area contributed by atoms with Gasteiger partial charge in [-0.3, -0.25) is 0 Å². The minimum Gasteiger partial charge on any atom is -0.450 e. The van der Waals surface area contributed by atoms with Crippen molar-refractivity contribution in [3.8, 4) is 0 Å². The van der Waals surface area contributed by atoms with Crippen LogP contribution in [0.4, 0.5) is 4.79 Å². The molecule has 0 amide bonds. The van der Waals surface area contributed by atoms with Crippen molar-refractivity contribution < 1.29 is 14.6 Å². The van der Waals surface area contributed by atoms with E-state index in [9.17, 15) is 4.79 Å². The molecular weight excluding hydrogens is 110 g/mol. The lowest BCUT2D eigenvalue weighted by atomic mass is 10.4. The zero-order chi connectivity index (χ0) is 6.57. The van der Waals surface area contributed by atoms with Crippen molar-refractivity contribution in [2.75, 3.05) is 6.61 Å². The third kappa shape index (κ3) is 5.23. The Hall–Kier alpha value is -0.770. The molecule has 0 saturated heterocycles. The molecule has 0 rings (SSSR count). The van der Waals surface area contributed by atoms with Crippen LogP contribution in [-0.4, -0.2) is 23.9 Å². The molecule has 3 N–H and O–H groups in total. The number of hydrogen-bond acceptors (Lipinski definition) is 3. The van der Waals surface area contributed by atoms with Crippen LogP contribution in [0.5, 0.6) is 0 Å². The van der Waals surface area contributed by atoms with Crippen molar-refractivity contribution in [2.24, 2.45) is 5.73 Å². The second-order valence-corrected chi connectivity index (χ2v) is 1.55. The highest BCUT2D eigenvalue weighted by molar-refractivity contribution is 5.56. The summed E-state index contributed by atoms with van der Waals surface area (Å²) >= 11 is 0. The molecule has 0 aliphatic rings. The van der Waals surface area contributed by atoms with E-state index in [-0.39, 0.29) is 12.6 Å². The predicted octanol–water partition coefficient (Wildman–Crippen LogP) is 0.0282. The van der Waals surface area contributed by atoms with Gasteiger partial charge in [-0.05, 0) is 6.92 Å². The van der Waals surface area contributed by atoms with E-state index >= 15 is 0 Å². The van der Waals surface area contributed by atoms with Gasteiger partial charge in [0.2, 0.25) is 0 Å². The Morgan fingerprint density at radius 1 is 2.00 bits per heavy atom. The van der Waals surface area contributed by atoms with E-state index in [1.54, 1.807) is 6.92 Å². The minimum absolute atomic E-state index is 0.0648. The SMILES string of the molecule is CC(N)COC(=O)O. The van der Waals surface area contributed by atoms with Crippen molar-refractivity contribution in [3.63, 3.8) is 0 Å². The smallest absolute Gasteiger partial charge is 0.450 e. The third-order valence-corrected chi connectivity index (χ3v) is 0.470. The molecule has 4 nitrogen and oxygen atoms in total. The quantitative estimate of drug-likeness (QED) is 0.503. The normalized spacial score (nSPS) is 12.8. The van der Waals surface area contributed by atoms with E-state index in [0.29, 0.717) is 0 Å². The average Bonchev–Trinajstić information content (AvgIpc) is 1.61. The van der Waals surface area contributed by atoms with E-state index in [0.717, 1.165) is 0 Å². The van der Waals surface area contributed by atoms with Gasteiger partial charge < -0.3 is 15.6 Å². The largest absolute Gasteiger partial charge is 0.505 e. The standard InChI is InChI=1S/C4H9NO3/c1-3(5)2-8-4(6)7/h3H,2,5H2,1H3,(H,6,7). The Kier molecular flexibility index (Phi) is 2.95. The predicted molar refractivity (Wildman–Crippen MR) is 27.6 cm³/mol. The fourth-order valence-corrected chi connectivity index (χ4v) is 0.203. The van der Waals surface area contributed by atoms with Gasteiger partial charge in [-0.25, -0.2) is 4.79 Å². The molecular formula is C4H9NO3. The van der Waals surface area contributed by atoms with Gasteiger partial charge in [0.15, 0.2) is 0 Å². The Bertz CT molecular complexity index is 81.4. The molecule has 0 fully saturated rings. The Labute approximate surface area is 47.2 Å². The fourth-order valence-electron chi connectivity index (χ4n) is 0.203. The Morgan fingerprint density at radius 3 is 2.62 bits per heavy atom. The summed E-state index contributed by atoms with van der Waals surface area (Å²) in [6.45, 7) is 1.73. The molecule has 0 saturated carbocycles. The van der Waals surface area contributed by atoms with Crippen LogP contribution < -0.4 is 5.73 Å². The molecule has 1 atom stereocenters. The molecule has 1 unspecified atom stereocenters. The van der Waals surface area contributed by atoms with Crippen LogP contribution >= 0.6 is 0 Å². The number of nitrogens with two attached hydrogens (primary N) is 1. The molecule has 8 heavy (non-hydrogen) atoms. The Morgan fingerprint density at radius 2 is 2.50 bits per heavy atom. The lowest BCUT2D eigenvalue weighted by Gasteiger charge is -2.01. The maximum absolute atomic E-state index is 9.63. The molecule has 0 aliphatic heterocycles. The van der Waals surface area contributed by atoms with Gasteiger partial charge in [0.25, 0.3) is 0 Å². The lowest BCUT2D eigenvalue weighted by molar-refractivity contribution is 0.0877. The summed E-state index contributed by atoms with van der Waals surface area (Å²) < 4.78 is 4.09. The zero-order valence-electron chi connectivity index (χ0n) is 4.63. The summed E-state index contributed by atoms with van der Waals surface area (Å²) in [7, 11) is 0. The average molecular weight is 119 g/mol. The number of carboxylic acid groups (broad SMARTS) is 1. The van der Waals surface area contributed by atoms with Crippen molar-refractivity contribution in [3.05, 3.63) is 0 Å². The molecule has 0 radical (unpaired) electrons. The van der Waals surface area contributed by atoms with Crippen molar-refractivity contribution in [1.82, 2.24) is 0 Å². The number of carbonyl (C=O) groups is 1. The van der Waals surface area contributed by atoms with Crippen LogP contribution in [0.25, 0.3) is 0 Å². The van der Waals surface area contributed by atoms with Crippen LogP contribution in [0.3, 0.4) is 0 Å². The first kappa shape index (κ1) is 7.23. The van der Waals surface area contributed by atoms with Crippen molar-refractivity contribution >= 4 is 6.16 Å². The van der Waals surface area contributed by atoms with Crippen LogP contribution in [-0.2, 0) is 4.74 Å². The van der Waals surface area contributed by atoms with Gasteiger partial charge in [-0.2, -0.15) is 0 Å². The fraction of sp³-hybridized carbons (Fsp3) is 0.750. The van der Waals surface area contributed by atoms with E-state index in [1.165, 1.54) is 0 Å². The first-order chi connectivity index (χ1) is 3.63. The van der Waals surface area contributed by atoms with Gasteiger partial charge in [0, 0.05) is 6.04 Å².